The van der Waals surface area contributed by atoms with Crippen LogP contribution in [-0.2, 0) is 22.4 Å². The Kier molecular flexibility index (Phi) is 6.80. The molecule has 1 unspecified atom stereocenters. The lowest BCUT2D eigenvalue weighted by Gasteiger charge is -2.36. The number of carbonyl (C=O) groups excluding carboxylic acids is 1. The van der Waals surface area contributed by atoms with Crippen molar-refractivity contribution >= 4 is 23.5 Å². The van der Waals surface area contributed by atoms with Crippen LogP contribution in [0.1, 0.15) is 39.7 Å². The Morgan fingerprint density at radius 3 is 2.54 bits per heavy atom. The summed E-state index contributed by atoms with van der Waals surface area (Å²) in [7, 11) is 0. The maximum atomic E-state index is 14.3. The average molecular weight is 550 g/mol. The molecule has 0 bridgehead atoms. The molecule has 39 heavy (non-hydrogen) atoms. The highest BCUT2D eigenvalue weighted by Gasteiger charge is 2.59. The summed E-state index contributed by atoms with van der Waals surface area (Å²) in [5.74, 6) is 1.34. The number of anilines is 3. The zero-order chi connectivity index (χ0) is 28.2. The number of benzene rings is 1. The summed E-state index contributed by atoms with van der Waals surface area (Å²) in [4.78, 5) is 30.5. The van der Waals surface area contributed by atoms with E-state index in [0.29, 0.717) is 24.1 Å². The van der Waals surface area contributed by atoms with Gasteiger partial charge in [-0.05, 0) is 70.1 Å². The van der Waals surface area contributed by atoms with E-state index in [1.807, 2.05) is 0 Å². The Hall–Kier alpha value is -3.28. The summed E-state index contributed by atoms with van der Waals surface area (Å²) in [5, 5.41) is 5.74. The molecule has 4 atom stereocenters. The standard InChI is InChI=1S/C27H34F3N5O4/c1-25(2,3)39-24(37)32-18-7-5-16(6-8-18)9-10-35-23-33-21(31-13-20-19-11-17(19)14-38-20)12-22(36)34(23)15-26(35,4)27(28,29)30/h5-8,12,17,19-20,31H,9-11,13-15H2,1-4H3,(H,32,37)/t17-,19?,20+,26-/m0/s1. The minimum atomic E-state index is -4.60. The van der Waals surface area contributed by atoms with E-state index in [1.165, 1.54) is 11.0 Å². The summed E-state index contributed by atoms with van der Waals surface area (Å²) in [6.07, 6.45) is -3.77. The van der Waals surface area contributed by atoms with Crippen LogP contribution in [0.25, 0.3) is 0 Å². The number of alkyl halides is 3. The number of ether oxygens (including phenoxy) is 2. The molecule has 2 N–H and O–H groups in total. The van der Waals surface area contributed by atoms with Crippen LogP contribution in [0.3, 0.4) is 0 Å². The highest BCUT2D eigenvalue weighted by molar-refractivity contribution is 5.84. The van der Waals surface area contributed by atoms with Crippen molar-refractivity contribution in [1.82, 2.24) is 9.55 Å². The Balaban J connectivity index is 1.31. The molecule has 3 aliphatic rings. The van der Waals surface area contributed by atoms with Crippen LogP contribution in [0.15, 0.2) is 35.1 Å². The van der Waals surface area contributed by atoms with E-state index in [1.54, 1.807) is 45.0 Å². The molecule has 0 spiro atoms. The maximum Gasteiger partial charge on any atom is 0.413 e. The van der Waals surface area contributed by atoms with Crippen LogP contribution in [0.5, 0.6) is 0 Å². The Morgan fingerprint density at radius 1 is 1.23 bits per heavy atom. The van der Waals surface area contributed by atoms with Gasteiger partial charge in [0.05, 0.1) is 19.3 Å². The fourth-order valence-corrected chi connectivity index (χ4v) is 5.26. The SMILES string of the molecule is CC(C)(C)OC(=O)Nc1ccc(CCN2c3nc(NC[C@H]4OC[C@@H]5CC54)cc(=O)n3C[C@@]2(C)C(F)(F)F)cc1. The molecule has 0 radical (unpaired) electrons. The van der Waals surface area contributed by atoms with Crippen molar-refractivity contribution in [3.05, 3.63) is 46.2 Å². The first-order chi connectivity index (χ1) is 18.2. The van der Waals surface area contributed by atoms with Gasteiger partial charge in [0.2, 0.25) is 5.95 Å². The van der Waals surface area contributed by atoms with Crippen LogP contribution in [-0.4, -0.2) is 58.8 Å². The van der Waals surface area contributed by atoms with E-state index in [-0.39, 0.29) is 30.8 Å². The van der Waals surface area contributed by atoms with Gasteiger partial charge >= 0.3 is 12.3 Å². The zero-order valence-electron chi connectivity index (χ0n) is 22.5. The van der Waals surface area contributed by atoms with Gasteiger partial charge in [0.15, 0.2) is 5.54 Å². The molecule has 2 aromatic rings. The van der Waals surface area contributed by atoms with Crippen LogP contribution >= 0.6 is 0 Å². The predicted octanol–water partition coefficient (Wildman–Crippen LogP) is 4.42. The molecule has 3 heterocycles. The normalized spacial score (nSPS) is 25.7. The molecule has 1 aromatic carbocycles. The van der Waals surface area contributed by atoms with E-state index >= 15 is 0 Å². The van der Waals surface area contributed by atoms with Gasteiger partial charge in [-0.2, -0.15) is 18.2 Å². The minimum absolute atomic E-state index is 0.00956. The molecule has 1 saturated carbocycles. The molecular weight excluding hydrogens is 515 g/mol. The van der Waals surface area contributed by atoms with Gasteiger partial charge < -0.3 is 19.7 Å². The number of hydrogen-bond donors (Lipinski definition) is 2. The quantitative estimate of drug-likeness (QED) is 0.528. The van der Waals surface area contributed by atoms with Gasteiger partial charge in [0.25, 0.3) is 5.56 Å². The van der Waals surface area contributed by atoms with Crippen molar-refractivity contribution in [2.24, 2.45) is 11.8 Å². The molecule has 1 aromatic heterocycles. The van der Waals surface area contributed by atoms with Crippen molar-refractivity contribution in [3.8, 4) is 0 Å². The molecule has 5 rings (SSSR count). The number of carbonyl (C=O) groups is 1. The number of hydrogen-bond acceptors (Lipinski definition) is 7. The number of rotatable bonds is 7. The molecule has 9 nitrogen and oxygen atoms in total. The number of amides is 1. The summed E-state index contributed by atoms with van der Waals surface area (Å²) in [6, 6.07) is 8.05. The van der Waals surface area contributed by atoms with Gasteiger partial charge in [0.1, 0.15) is 11.4 Å². The van der Waals surface area contributed by atoms with E-state index in [0.717, 1.165) is 30.1 Å². The lowest BCUT2D eigenvalue weighted by molar-refractivity contribution is -0.182. The monoisotopic (exact) mass is 549 g/mol. The van der Waals surface area contributed by atoms with Gasteiger partial charge in [-0.1, -0.05) is 12.1 Å². The van der Waals surface area contributed by atoms with Crippen LogP contribution in [0.2, 0.25) is 0 Å². The topological polar surface area (TPSA) is 97.7 Å². The van der Waals surface area contributed by atoms with Crippen LogP contribution in [0, 0.1) is 11.8 Å². The lowest BCUT2D eigenvalue weighted by Crippen LogP contribution is -2.56. The number of nitrogens with zero attached hydrogens (tertiary/aromatic N) is 3. The predicted molar refractivity (Wildman–Crippen MR) is 140 cm³/mol. The fraction of sp³-hybridized carbons (Fsp3) is 0.593. The second kappa shape index (κ2) is 9.72. The highest BCUT2D eigenvalue weighted by Crippen LogP contribution is 2.48. The van der Waals surface area contributed by atoms with Crippen molar-refractivity contribution in [3.63, 3.8) is 0 Å². The first-order valence-electron chi connectivity index (χ1n) is 13.1. The van der Waals surface area contributed by atoms with Crippen LogP contribution < -0.4 is 21.1 Å². The molecule has 2 fully saturated rings. The summed E-state index contributed by atoms with van der Waals surface area (Å²) in [5.41, 5.74) is -2.20. The third kappa shape index (κ3) is 5.70. The highest BCUT2D eigenvalue weighted by atomic mass is 19.4. The van der Waals surface area contributed by atoms with E-state index in [4.69, 9.17) is 9.47 Å². The molecule has 2 aliphatic heterocycles. The van der Waals surface area contributed by atoms with E-state index in [2.05, 4.69) is 15.6 Å². The number of nitrogens with one attached hydrogen (secondary N) is 2. The maximum absolute atomic E-state index is 14.3. The van der Waals surface area contributed by atoms with E-state index < -0.39 is 35.5 Å². The summed E-state index contributed by atoms with van der Waals surface area (Å²) >= 11 is 0. The van der Waals surface area contributed by atoms with Gasteiger partial charge in [0, 0.05) is 24.8 Å². The fourth-order valence-electron chi connectivity index (χ4n) is 5.26. The Morgan fingerprint density at radius 2 is 1.95 bits per heavy atom. The van der Waals surface area contributed by atoms with Crippen LogP contribution in [0.4, 0.5) is 35.4 Å². The summed E-state index contributed by atoms with van der Waals surface area (Å²) in [6.45, 7) is 7.01. The van der Waals surface area contributed by atoms with E-state index in [9.17, 15) is 22.8 Å². The molecule has 1 aliphatic carbocycles. The first-order valence-corrected chi connectivity index (χ1v) is 13.1. The molecule has 1 amide bonds. The van der Waals surface area contributed by atoms with Crippen molar-refractivity contribution in [2.45, 2.75) is 70.5 Å². The van der Waals surface area contributed by atoms with Crippen molar-refractivity contribution < 1.29 is 27.4 Å². The Labute approximate surface area is 224 Å². The first kappa shape index (κ1) is 27.3. The average Bonchev–Trinajstić information content (AvgIpc) is 3.39. The zero-order valence-corrected chi connectivity index (χ0v) is 22.5. The van der Waals surface area contributed by atoms with Gasteiger partial charge in [-0.25, -0.2) is 4.79 Å². The van der Waals surface area contributed by atoms with Gasteiger partial charge in [-0.15, -0.1) is 0 Å². The third-order valence-electron chi connectivity index (χ3n) is 7.59. The van der Waals surface area contributed by atoms with Gasteiger partial charge in [-0.3, -0.25) is 14.7 Å². The van der Waals surface area contributed by atoms with Crippen molar-refractivity contribution in [2.75, 3.05) is 35.2 Å². The molecular formula is C27H34F3N5O4. The largest absolute Gasteiger partial charge is 0.444 e. The number of aromatic nitrogens is 2. The molecule has 212 valence electrons. The second-order valence-corrected chi connectivity index (χ2v) is 11.8. The third-order valence-corrected chi connectivity index (χ3v) is 7.59. The Bertz CT molecular complexity index is 1290. The second-order valence-electron chi connectivity index (χ2n) is 11.8. The molecule has 1 saturated heterocycles. The molecule has 12 heteroatoms. The summed E-state index contributed by atoms with van der Waals surface area (Å²) < 4.78 is 55.1. The number of fused-ring (bicyclic) bond motifs is 2. The lowest BCUT2D eigenvalue weighted by atomic mass is 10.00. The minimum Gasteiger partial charge on any atom is -0.444 e. The smallest absolute Gasteiger partial charge is 0.413 e. The van der Waals surface area contributed by atoms with Crippen molar-refractivity contribution in [1.29, 1.82) is 0 Å². The number of halogens is 3.